The number of hydrogen-bond acceptors (Lipinski definition) is 5. The number of rotatable bonds is 4. The molecule has 2 aromatic rings. The number of benzene rings is 2. The zero-order valence-electron chi connectivity index (χ0n) is 16.8. The number of halogens is 1. The SMILES string of the molecule is CC(=O)N1CCc2cc(C(=O)[C@H](C)OC(=O)[C@H]3COc4ccc(Cl)cc4C3)ccc21. The van der Waals surface area contributed by atoms with E-state index in [0.717, 1.165) is 16.8 Å². The highest BCUT2D eigenvalue weighted by Gasteiger charge is 2.31. The first-order valence-electron chi connectivity index (χ1n) is 9.90. The Hall–Kier alpha value is -2.86. The number of hydrogen-bond donors (Lipinski definition) is 0. The van der Waals surface area contributed by atoms with Crippen molar-refractivity contribution in [1.29, 1.82) is 0 Å². The lowest BCUT2D eigenvalue weighted by atomic mass is 9.96. The smallest absolute Gasteiger partial charge is 0.313 e. The second kappa shape index (κ2) is 8.11. The first kappa shape index (κ1) is 20.4. The van der Waals surface area contributed by atoms with Crippen molar-refractivity contribution < 1.29 is 23.9 Å². The maximum absolute atomic E-state index is 12.8. The van der Waals surface area contributed by atoms with Gasteiger partial charge in [-0.2, -0.15) is 0 Å². The van der Waals surface area contributed by atoms with Gasteiger partial charge in [-0.25, -0.2) is 0 Å². The topological polar surface area (TPSA) is 72.9 Å². The second-order valence-electron chi connectivity index (χ2n) is 7.67. The van der Waals surface area contributed by atoms with E-state index in [-0.39, 0.29) is 18.3 Å². The van der Waals surface area contributed by atoms with Crippen molar-refractivity contribution in [1.82, 2.24) is 0 Å². The maximum Gasteiger partial charge on any atom is 0.313 e. The fraction of sp³-hybridized carbons (Fsp3) is 0.348. The Labute approximate surface area is 179 Å². The van der Waals surface area contributed by atoms with Gasteiger partial charge in [0.2, 0.25) is 11.7 Å². The van der Waals surface area contributed by atoms with Gasteiger partial charge in [0.1, 0.15) is 12.4 Å². The summed E-state index contributed by atoms with van der Waals surface area (Å²) in [6, 6.07) is 10.5. The van der Waals surface area contributed by atoms with Crippen LogP contribution in [0.2, 0.25) is 5.02 Å². The number of Topliss-reactive ketones (excluding diaryl/α,β-unsaturated/α-hetero) is 1. The first-order valence-corrected chi connectivity index (χ1v) is 10.3. The van der Waals surface area contributed by atoms with E-state index >= 15 is 0 Å². The minimum absolute atomic E-state index is 0.0207. The molecule has 1 amide bonds. The zero-order chi connectivity index (χ0) is 21.4. The molecule has 0 saturated carbocycles. The Morgan fingerprint density at radius 1 is 1.17 bits per heavy atom. The van der Waals surface area contributed by atoms with Gasteiger partial charge in [-0.3, -0.25) is 14.4 Å². The molecule has 156 valence electrons. The quantitative estimate of drug-likeness (QED) is 0.550. The third-order valence-electron chi connectivity index (χ3n) is 5.56. The largest absolute Gasteiger partial charge is 0.492 e. The number of nitrogens with zero attached hydrogens (tertiary/aromatic N) is 1. The van der Waals surface area contributed by atoms with E-state index in [1.54, 1.807) is 48.2 Å². The highest BCUT2D eigenvalue weighted by Crippen LogP contribution is 2.31. The standard InChI is InChI=1S/C23H22ClNO5/c1-13(22(27)16-3-5-20-15(9-16)7-8-25(20)14(2)26)30-23(28)18-10-17-11-19(24)4-6-21(17)29-12-18/h3-6,9,11,13,18H,7-8,10,12H2,1-2H3/t13-,18+/m0/s1. The molecule has 6 nitrogen and oxygen atoms in total. The molecule has 0 spiro atoms. The van der Waals surface area contributed by atoms with Crippen LogP contribution < -0.4 is 9.64 Å². The molecule has 0 bridgehead atoms. The van der Waals surface area contributed by atoms with Crippen LogP contribution >= 0.6 is 11.6 Å². The average Bonchev–Trinajstić information content (AvgIpc) is 3.16. The summed E-state index contributed by atoms with van der Waals surface area (Å²) in [6.45, 7) is 3.91. The van der Waals surface area contributed by atoms with Gasteiger partial charge in [-0.1, -0.05) is 11.6 Å². The number of fused-ring (bicyclic) bond motifs is 2. The minimum Gasteiger partial charge on any atom is -0.492 e. The fourth-order valence-corrected chi connectivity index (χ4v) is 4.15. The first-order chi connectivity index (χ1) is 14.3. The average molecular weight is 428 g/mol. The maximum atomic E-state index is 12.8. The lowest BCUT2D eigenvalue weighted by Gasteiger charge is -2.25. The van der Waals surface area contributed by atoms with Crippen LogP contribution in [0.15, 0.2) is 36.4 Å². The van der Waals surface area contributed by atoms with Crippen molar-refractivity contribution in [2.45, 2.75) is 32.8 Å². The molecule has 2 aromatic carbocycles. The highest BCUT2D eigenvalue weighted by molar-refractivity contribution is 6.30. The van der Waals surface area contributed by atoms with E-state index in [0.29, 0.717) is 35.7 Å². The third-order valence-corrected chi connectivity index (χ3v) is 5.80. The molecule has 0 N–H and O–H groups in total. The summed E-state index contributed by atoms with van der Waals surface area (Å²) in [5, 5.41) is 0.579. The summed E-state index contributed by atoms with van der Waals surface area (Å²) in [7, 11) is 0. The van der Waals surface area contributed by atoms with Crippen molar-refractivity contribution >= 4 is 34.9 Å². The Morgan fingerprint density at radius 3 is 2.73 bits per heavy atom. The van der Waals surface area contributed by atoms with Gasteiger partial charge in [0, 0.05) is 29.7 Å². The van der Waals surface area contributed by atoms with Crippen LogP contribution in [0, 0.1) is 5.92 Å². The van der Waals surface area contributed by atoms with E-state index in [2.05, 4.69) is 0 Å². The van der Waals surface area contributed by atoms with E-state index in [1.165, 1.54) is 6.92 Å². The Bertz CT molecular complexity index is 1030. The molecular formula is C23H22ClNO5. The lowest BCUT2D eigenvalue weighted by molar-refractivity contribution is -0.152. The second-order valence-corrected chi connectivity index (χ2v) is 8.11. The number of carbonyl (C=O) groups is 3. The van der Waals surface area contributed by atoms with E-state index < -0.39 is 18.0 Å². The number of anilines is 1. The van der Waals surface area contributed by atoms with Gasteiger partial charge in [-0.05, 0) is 67.3 Å². The molecule has 0 saturated heterocycles. The molecule has 2 heterocycles. The molecule has 0 unspecified atom stereocenters. The van der Waals surface area contributed by atoms with E-state index in [4.69, 9.17) is 21.1 Å². The molecule has 0 aromatic heterocycles. The predicted octanol–water partition coefficient (Wildman–Crippen LogP) is 3.61. The highest BCUT2D eigenvalue weighted by atomic mass is 35.5. The fourth-order valence-electron chi connectivity index (χ4n) is 3.96. The van der Waals surface area contributed by atoms with Crippen LogP contribution in [0.1, 0.15) is 35.3 Å². The summed E-state index contributed by atoms with van der Waals surface area (Å²) in [5.74, 6) is -0.536. The van der Waals surface area contributed by atoms with Gasteiger partial charge < -0.3 is 14.4 Å². The van der Waals surface area contributed by atoms with Crippen molar-refractivity contribution in [3.8, 4) is 5.75 Å². The van der Waals surface area contributed by atoms with Gasteiger partial charge in [-0.15, -0.1) is 0 Å². The van der Waals surface area contributed by atoms with Crippen LogP contribution in [-0.2, 0) is 27.2 Å². The van der Waals surface area contributed by atoms with E-state index in [9.17, 15) is 14.4 Å². The van der Waals surface area contributed by atoms with Gasteiger partial charge in [0.25, 0.3) is 0 Å². The number of ether oxygens (including phenoxy) is 2. The molecule has 4 rings (SSSR count). The summed E-state index contributed by atoms with van der Waals surface area (Å²) < 4.78 is 11.1. The number of ketones is 1. The van der Waals surface area contributed by atoms with Gasteiger partial charge in [0.05, 0.1) is 5.92 Å². The molecule has 2 atom stereocenters. The van der Waals surface area contributed by atoms with Gasteiger partial charge in [0.15, 0.2) is 6.10 Å². The van der Waals surface area contributed by atoms with Crippen LogP contribution in [0.5, 0.6) is 5.75 Å². The number of amides is 1. The molecule has 0 radical (unpaired) electrons. The summed E-state index contributed by atoms with van der Waals surface area (Å²) in [6.07, 6.45) is 0.239. The van der Waals surface area contributed by atoms with Crippen LogP contribution in [-0.4, -0.2) is 36.9 Å². The minimum atomic E-state index is -0.915. The van der Waals surface area contributed by atoms with Crippen molar-refractivity contribution in [2.75, 3.05) is 18.1 Å². The Balaban J connectivity index is 1.42. The van der Waals surface area contributed by atoms with Crippen molar-refractivity contribution in [3.05, 3.63) is 58.1 Å². The van der Waals surface area contributed by atoms with Crippen molar-refractivity contribution in [3.63, 3.8) is 0 Å². The van der Waals surface area contributed by atoms with Crippen molar-refractivity contribution in [2.24, 2.45) is 5.92 Å². The number of esters is 1. The lowest BCUT2D eigenvalue weighted by Crippen LogP contribution is -2.34. The van der Waals surface area contributed by atoms with E-state index in [1.807, 2.05) is 0 Å². The number of carbonyl (C=O) groups excluding carboxylic acids is 3. The Kier molecular flexibility index (Phi) is 5.52. The predicted molar refractivity (Wildman–Crippen MR) is 112 cm³/mol. The van der Waals surface area contributed by atoms with Crippen LogP contribution in [0.25, 0.3) is 0 Å². The molecule has 0 fully saturated rings. The summed E-state index contributed by atoms with van der Waals surface area (Å²) >= 11 is 6.03. The third kappa shape index (κ3) is 3.92. The molecule has 7 heteroatoms. The zero-order valence-corrected chi connectivity index (χ0v) is 17.6. The van der Waals surface area contributed by atoms with Crippen LogP contribution in [0.3, 0.4) is 0 Å². The normalized spacial score (nSPS) is 18.1. The Morgan fingerprint density at radius 2 is 1.97 bits per heavy atom. The summed E-state index contributed by atoms with van der Waals surface area (Å²) in [5.41, 5.74) is 3.10. The monoisotopic (exact) mass is 427 g/mol. The molecular weight excluding hydrogens is 406 g/mol. The summed E-state index contributed by atoms with van der Waals surface area (Å²) in [4.78, 5) is 38.8. The molecule has 2 aliphatic heterocycles. The van der Waals surface area contributed by atoms with Gasteiger partial charge >= 0.3 is 5.97 Å². The van der Waals surface area contributed by atoms with Crippen LogP contribution in [0.4, 0.5) is 5.69 Å². The molecule has 0 aliphatic carbocycles. The molecule has 2 aliphatic rings. The molecule has 30 heavy (non-hydrogen) atoms.